The van der Waals surface area contributed by atoms with Crippen LogP contribution in [0.5, 0.6) is 0 Å². The normalized spacial score (nSPS) is 11.1. The Balaban J connectivity index is 2.64. The van der Waals surface area contributed by atoms with Crippen LogP contribution < -0.4 is 10.3 Å². The minimum Gasteiger partial charge on any atom is -0.618 e. The zero-order valence-corrected chi connectivity index (χ0v) is 8.57. The Hall–Kier alpha value is -2.63. The van der Waals surface area contributed by atoms with Crippen molar-refractivity contribution in [2.24, 2.45) is 0 Å². The summed E-state index contributed by atoms with van der Waals surface area (Å²) in [4.78, 5) is 11.8. The number of fused-ring (bicyclic) bond motifs is 2. The lowest BCUT2D eigenvalue weighted by Crippen LogP contribution is -2.32. The van der Waals surface area contributed by atoms with Gasteiger partial charge in [-0.15, -0.1) is 5.10 Å². The lowest BCUT2D eigenvalue weighted by molar-refractivity contribution is -0.548. The van der Waals surface area contributed by atoms with Crippen LogP contribution in [0, 0.1) is 5.21 Å². The molecular formula is C11H7N3O3. The van der Waals surface area contributed by atoms with Gasteiger partial charge >= 0.3 is 5.56 Å². The molecule has 0 aliphatic rings. The first-order valence-corrected chi connectivity index (χ1v) is 4.91. The van der Waals surface area contributed by atoms with Gasteiger partial charge in [0, 0.05) is 11.5 Å². The summed E-state index contributed by atoms with van der Waals surface area (Å²) in [5.41, 5.74) is -0.117. The lowest BCUT2D eigenvalue weighted by Gasteiger charge is -2.05. The number of pyridine rings is 1. The van der Waals surface area contributed by atoms with Gasteiger partial charge < -0.3 is 10.4 Å². The number of nitrogens with zero attached hydrogens (tertiary/aromatic N) is 3. The zero-order chi connectivity index (χ0) is 12.0. The molecule has 2 heterocycles. The Morgan fingerprint density at radius 3 is 2.88 bits per heavy atom. The molecule has 0 aliphatic heterocycles. The Kier molecular flexibility index (Phi) is 1.79. The van der Waals surface area contributed by atoms with Gasteiger partial charge in [0.2, 0.25) is 11.0 Å². The van der Waals surface area contributed by atoms with Crippen molar-refractivity contribution in [3.05, 3.63) is 52.1 Å². The maximum atomic E-state index is 12.0. The number of aromatic nitrogens is 3. The van der Waals surface area contributed by atoms with E-state index < -0.39 is 5.56 Å². The van der Waals surface area contributed by atoms with E-state index in [1.807, 2.05) is 0 Å². The minimum atomic E-state index is -0.710. The van der Waals surface area contributed by atoms with Crippen LogP contribution >= 0.6 is 0 Å². The van der Waals surface area contributed by atoms with E-state index in [4.69, 9.17) is 5.21 Å². The topological polar surface area (TPSA) is 82.1 Å². The van der Waals surface area contributed by atoms with Crippen molar-refractivity contribution in [3.8, 4) is 0 Å². The fraction of sp³-hybridized carbons (Fsp3) is 0. The smallest absolute Gasteiger partial charge is 0.316 e. The average molecular weight is 229 g/mol. The molecule has 3 rings (SSSR count). The van der Waals surface area contributed by atoms with Gasteiger partial charge in [-0.1, -0.05) is 17.0 Å². The molecule has 1 aromatic carbocycles. The zero-order valence-electron chi connectivity index (χ0n) is 8.57. The predicted octanol–water partition coefficient (Wildman–Crippen LogP) is 0.420. The number of hydrogen-bond acceptors (Lipinski definition) is 4. The molecule has 0 spiro atoms. The molecule has 17 heavy (non-hydrogen) atoms. The molecule has 6 nitrogen and oxygen atoms in total. The van der Waals surface area contributed by atoms with Gasteiger partial charge in [-0.25, -0.2) is 0 Å². The van der Waals surface area contributed by atoms with E-state index in [0.29, 0.717) is 15.6 Å². The largest absolute Gasteiger partial charge is 0.618 e. The van der Waals surface area contributed by atoms with E-state index in [1.54, 1.807) is 30.3 Å². The summed E-state index contributed by atoms with van der Waals surface area (Å²) in [6.45, 7) is 0. The van der Waals surface area contributed by atoms with Crippen LogP contribution in [0.2, 0.25) is 0 Å². The first-order valence-electron chi connectivity index (χ1n) is 4.91. The molecule has 6 heteroatoms. The quantitative estimate of drug-likeness (QED) is 0.262. The third kappa shape index (κ3) is 1.24. The first kappa shape index (κ1) is 9.59. The van der Waals surface area contributed by atoms with Gasteiger partial charge in [-0.05, 0) is 12.1 Å². The molecule has 0 fully saturated rings. The molecular weight excluding hydrogens is 222 g/mol. The summed E-state index contributed by atoms with van der Waals surface area (Å²) in [7, 11) is 0. The Morgan fingerprint density at radius 1 is 1.29 bits per heavy atom. The summed E-state index contributed by atoms with van der Waals surface area (Å²) in [5.74, 6) is 0. The van der Waals surface area contributed by atoms with E-state index in [-0.39, 0.29) is 15.7 Å². The van der Waals surface area contributed by atoms with Crippen molar-refractivity contribution < 1.29 is 9.94 Å². The highest BCUT2D eigenvalue weighted by molar-refractivity contribution is 5.87. The second-order valence-corrected chi connectivity index (χ2v) is 3.64. The highest BCUT2D eigenvalue weighted by atomic mass is 16.5. The SMILES string of the molecule is O=c1c2cc3ccccc3[n+]([O-])c2cnn1O. The number of hydrogen-bond donors (Lipinski definition) is 1. The van der Waals surface area contributed by atoms with E-state index in [0.717, 1.165) is 6.20 Å². The third-order valence-electron chi connectivity index (χ3n) is 2.65. The molecule has 0 saturated carbocycles. The first-order chi connectivity index (χ1) is 8.18. The van der Waals surface area contributed by atoms with E-state index in [1.165, 1.54) is 0 Å². The van der Waals surface area contributed by atoms with Crippen molar-refractivity contribution in [1.29, 1.82) is 0 Å². The van der Waals surface area contributed by atoms with E-state index >= 15 is 0 Å². The summed E-state index contributed by atoms with van der Waals surface area (Å²) in [6, 6.07) is 8.46. The van der Waals surface area contributed by atoms with E-state index in [9.17, 15) is 10.0 Å². The summed E-state index contributed by atoms with van der Waals surface area (Å²) in [6.07, 6.45) is 1.16. The number of benzene rings is 1. The van der Waals surface area contributed by atoms with Crippen LogP contribution in [0.25, 0.3) is 21.8 Å². The van der Waals surface area contributed by atoms with Crippen LogP contribution in [-0.4, -0.2) is 15.2 Å². The highest BCUT2D eigenvalue weighted by Crippen LogP contribution is 2.13. The van der Waals surface area contributed by atoms with Gasteiger partial charge in [0.15, 0.2) is 0 Å². The van der Waals surface area contributed by atoms with Crippen LogP contribution in [0.15, 0.2) is 41.3 Å². The van der Waals surface area contributed by atoms with Crippen LogP contribution in [0.4, 0.5) is 0 Å². The second kappa shape index (κ2) is 3.18. The molecule has 0 radical (unpaired) electrons. The van der Waals surface area contributed by atoms with Crippen LogP contribution in [0.1, 0.15) is 0 Å². The molecule has 84 valence electrons. The maximum absolute atomic E-state index is 12.0. The van der Waals surface area contributed by atoms with Crippen molar-refractivity contribution in [3.63, 3.8) is 0 Å². The molecule has 1 N–H and O–H groups in total. The fourth-order valence-electron chi connectivity index (χ4n) is 1.83. The standard InChI is InChI=1S/C11H7N3O3/c15-11-8-5-7-3-1-2-4-9(7)13(16)10(8)6-12-14(11)17/h1-6,17H. The summed E-state index contributed by atoms with van der Waals surface area (Å²) >= 11 is 0. The van der Waals surface area contributed by atoms with E-state index in [2.05, 4.69) is 5.10 Å². The Morgan fingerprint density at radius 2 is 2.06 bits per heavy atom. The van der Waals surface area contributed by atoms with Crippen LogP contribution in [-0.2, 0) is 0 Å². The Bertz CT molecular complexity index is 795. The summed E-state index contributed by atoms with van der Waals surface area (Å²) < 4.78 is 0.638. The molecule has 0 unspecified atom stereocenters. The van der Waals surface area contributed by atoms with Gasteiger partial charge in [-0.2, -0.15) is 4.73 Å². The average Bonchev–Trinajstić information content (AvgIpc) is 2.35. The van der Waals surface area contributed by atoms with Gasteiger partial charge in [0.25, 0.3) is 0 Å². The van der Waals surface area contributed by atoms with Gasteiger partial charge in [0.1, 0.15) is 11.6 Å². The van der Waals surface area contributed by atoms with Crippen molar-refractivity contribution in [2.75, 3.05) is 0 Å². The second-order valence-electron chi connectivity index (χ2n) is 3.64. The maximum Gasteiger partial charge on any atom is 0.316 e. The van der Waals surface area contributed by atoms with Crippen molar-refractivity contribution in [1.82, 2.24) is 9.94 Å². The molecule has 3 aromatic rings. The fourth-order valence-corrected chi connectivity index (χ4v) is 1.83. The van der Waals surface area contributed by atoms with Crippen molar-refractivity contribution >= 4 is 21.8 Å². The molecule has 2 aromatic heterocycles. The van der Waals surface area contributed by atoms with Crippen molar-refractivity contribution in [2.45, 2.75) is 0 Å². The molecule has 0 saturated heterocycles. The summed E-state index contributed by atoms with van der Waals surface area (Å²) in [5, 5.41) is 25.3. The minimum absolute atomic E-state index is 0.135. The monoisotopic (exact) mass is 229 g/mol. The van der Waals surface area contributed by atoms with Crippen LogP contribution in [0.3, 0.4) is 0 Å². The number of rotatable bonds is 0. The predicted molar refractivity (Wildman–Crippen MR) is 59.7 cm³/mol. The molecule has 0 aliphatic carbocycles. The third-order valence-corrected chi connectivity index (χ3v) is 2.65. The lowest BCUT2D eigenvalue weighted by atomic mass is 10.1. The molecule has 0 atom stereocenters. The van der Waals surface area contributed by atoms with Gasteiger partial charge in [-0.3, -0.25) is 4.79 Å². The molecule has 0 bridgehead atoms. The van der Waals surface area contributed by atoms with Gasteiger partial charge in [0.05, 0.1) is 0 Å². The number of para-hydroxylation sites is 1. The highest BCUT2D eigenvalue weighted by Gasteiger charge is 2.14. The Labute approximate surface area is 94.5 Å². The molecule has 0 amide bonds.